The van der Waals surface area contributed by atoms with Crippen molar-refractivity contribution >= 4 is 0 Å². The normalized spacial score (nSPS) is 10.7. The van der Waals surface area contributed by atoms with Gasteiger partial charge < -0.3 is 9.63 Å². The molecular weight excluding hydrogens is 216 g/mol. The van der Waals surface area contributed by atoms with E-state index in [9.17, 15) is 5.11 Å². The molecule has 1 aromatic heterocycles. The minimum atomic E-state index is 0.168. The maximum absolute atomic E-state index is 9.75. The van der Waals surface area contributed by atoms with Crippen LogP contribution in [-0.2, 0) is 6.42 Å². The monoisotopic (exact) mass is 232 g/mol. The second-order valence-electron chi connectivity index (χ2n) is 4.14. The molecule has 0 spiro atoms. The van der Waals surface area contributed by atoms with Crippen LogP contribution in [0.15, 0.2) is 22.7 Å². The third kappa shape index (κ3) is 2.64. The molecule has 90 valence electrons. The van der Waals surface area contributed by atoms with Crippen molar-refractivity contribution in [2.45, 2.75) is 33.1 Å². The zero-order valence-electron chi connectivity index (χ0n) is 10.1. The first-order valence-electron chi connectivity index (χ1n) is 5.83. The number of benzene rings is 1. The van der Waals surface area contributed by atoms with Gasteiger partial charge in [-0.05, 0) is 25.5 Å². The van der Waals surface area contributed by atoms with Gasteiger partial charge in [0.05, 0.1) is 5.56 Å². The number of unbranched alkanes of at least 4 members (excludes halogenated alkanes) is 1. The molecule has 4 heteroatoms. The summed E-state index contributed by atoms with van der Waals surface area (Å²) in [6.45, 7) is 4.07. The molecule has 0 saturated heterocycles. The van der Waals surface area contributed by atoms with Crippen molar-refractivity contribution < 1.29 is 9.63 Å². The lowest BCUT2D eigenvalue weighted by molar-refractivity contribution is 0.416. The van der Waals surface area contributed by atoms with E-state index in [1.165, 1.54) is 0 Å². The largest absolute Gasteiger partial charge is 0.507 e. The minimum absolute atomic E-state index is 0.168. The van der Waals surface area contributed by atoms with Crippen molar-refractivity contribution in [2.24, 2.45) is 0 Å². The summed E-state index contributed by atoms with van der Waals surface area (Å²) in [4.78, 5) is 4.28. The maximum Gasteiger partial charge on any atom is 0.261 e. The number of hydrogen-bond acceptors (Lipinski definition) is 4. The molecule has 2 rings (SSSR count). The molecule has 0 bridgehead atoms. The van der Waals surface area contributed by atoms with Gasteiger partial charge >= 0.3 is 0 Å². The van der Waals surface area contributed by atoms with E-state index in [2.05, 4.69) is 17.1 Å². The molecule has 2 aromatic rings. The standard InChI is InChI=1S/C13H16N2O2/c1-3-4-5-12-14-13(17-15-12)10-8-9(2)6-7-11(10)16/h6-8,16H,3-5H2,1-2H3. The van der Waals surface area contributed by atoms with E-state index in [1.807, 2.05) is 19.1 Å². The zero-order chi connectivity index (χ0) is 12.3. The summed E-state index contributed by atoms with van der Waals surface area (Å²) in [7, 11) is 0. The summed E-state index contributed by atoms with van der Waals surface area (Å²) >= 11 is 0. The smallest absolute Gasteiger partial charge is 0.261 e. The lowest BCUT2D eigenvalue weighted by atomic mass is 10.1. The highest BCUT2D eigenvalue weighted by Crippen LogP contribution is 2.28. The van der Waals surface area contributed by atoms with Gasteiger partial charge in [-0.2, -0.15) is 4.98 Å². The fourth-order valence-corrected chi connectivity index (χ4v) is 1.62. The lowest BCUT2D eigenvalue weighted by Gasteiger charge is -1.99. The number of aromatic nitrogens is 2. The second-order valence-corrected chi connectivity index (χ2v) is 4.14. The third-order valence-electron chi connectivity index (χ3n) is 2.60. The first kappa shape index (κ1) is 11.6. The van der Waals surface area contributed by atoms with Gasteiger partial charge in [0, 0.05) is 6.42 Å². The number of aryl methyl sites for hydroxylation is 2. The van der Waals surface area contributed by atoms with Gasteiger partial charge in [0.1, 0.15) is 5.75 Å². The third-order valence-corrected chi connectivity index (χ3v) is 2.60. The lowest BCUT2D eigenvalue weighted by Crippen LogP contribution is -1.87. The van der Waals surface area contributed by atoms with Crippen molar-refractivity contribution in [3.05, 3.63) is 29.6 Å². The summed E-state index contributed by atoms with van der Waals surface area (Å²) in [6.07, 6.45) is 2.95. The highest BCUT2D eigenvalue weighted by molar-refractivity contribution is 5.62. The number of hydrogen-bond donors (Lipinski definition) is 1. The first-order valence-corrected chi connectivity index (χ1v) is 5.83. The summed E-state index contributed by atoms with van der Waals surface area (Å²) < 4.78 is 5.16. The van der Waals surface area contributed by atoms with Gasteiger partial charge in [-0.3, -0.25) is 0 Å². The maximum atomic E-state index is 9.75. The molecule has 1 heterocycles. The molecular formula is C13H16N2O2. The molecule has 0 unspecified atom stereocenters. The van der Waals surface area contributed by atoms with Crippen LogP contribution in [-0.4, -0.2) is 15.2 Å². The number of nitrogens with zero attached hydrogens (tertiary/aromatic N) is 2. The molecule has 4 nitrogen and oxygen atoms in total. The average molecular weight is 232 g/mol. The Kier molecular flexibility index (Phi) is 3.42. The molecule has 0 fully saturated rings. The van der Waals surface area contributed by atoms with Crippen LogP contribution in [0.5, 0.6) is 5.75 Å². The molecule has 0 aliphatic carbocycles. The SMILES string of the molecule is CCCCc1noc(-c2cc(C)ccc2O)n1. The predicted molar refractivity (Wildman–Crippen MR) is 64.7 cm³/mol. The van der Waals surface area contributed by atoms with Gasteiger partial charge in [-0.1, -0.05) is 30.1 Å². The van der Waals surface area contributed by atoms with Crippen LogP contribution in [0.1, 0.15) is 31.2 Å². The van der Waals surface area contributed by atoms with Crippen molar-refractivity contribution in [1.82, 2.24) is 10.1 Å². The molecule has 1 aromatic carbocycles. The van der Waals surface area contributed by atoms with Gasteiger partial charge in [-0.25, -0.2) is 0 Å². The fraction of sp³-hybridized carbons (Fsp3) is 0.385. The quantitative estimate of drug-likeness (QED) is 0.880. The van der Waals surface area contributed by atoms with Crippen LogP contribution in [0.2, 0.25) is 0 Å². The summed E-state index contributed by atoms with van der Waals surface area (Å²) in [5.74, 6) is 1.25. The van der Waals surface area contributed by atoms with Crippen LogP contribution in [0.3, 0.4) is 0 Å². The van der Waals surface area contributed by atoms with Crippen LogP contribution in [0.4, 0.5) is 0 Å². The van der Waals surface area contributed by atoms with E-state index in [4.69, 9.17) is 4.52 Å². The Morgan fingerprint density at radius 2 is 2.18 bits per heavy atom. The van der Waals surface area contributed by atoms with Crippen LogP contribution in [0.25, 0.3) is 11.5 Å². The van der Waals surface area contributed by atoms with E-state index in [1.54, 1.807) is 6.07 Å². The molecule has 0 saturated carbocycles. The topological polar surface area (TPSA) is 59.2 Å². The van der Waals surface area contributed by atoms with E-state index in [-0.39, 0.29) is 5.75 Å². The molecule has 17 heavy (non-hydrogen) atoms. The molecule has 0 aliphatic heterocycles. The number of phenolic OH excluding ortho intramolecular Hbond substituents is 1. The highest BCUT2D eigenvalue weighted by atomic mass is 16.5. The molecule has 0 atom stereocenters. The second kappa shape index (κ2) is 4.99. The molecule has 0 aliphatic rings. The van der Waals surface area contributed by atoms with E-state index in [0.29, 0.717) is 17.3 Å². The average Bonchev–Trinajstić information content (AvgIpc) is 2.78. The number of aromatic hydroxyl groups is 1. The molecule has 0 amide bonds. The molecule has 1 N–H and O–H groups in total. The van der Waals surface area contributed by atoms with Gasteiger partial charge in [0.25, 0.3) is 5.89 Å². The van der Waals surface area contributed by atoms with Gasteiger partial charge in [-0.15, -0.1) is 0 Å². The first-order chi connectivity index (χ1) is 8.20. The number of rotatable bonds is 4. The van der Waals surface area contributed by atoms with Crippen molar-refractivity contribution in [3.63, 3.8) is 0 Å². The highest BCUT2D eigenvalue weighted by Gasteiger charge is 2.12. The Morgan fingerprint density at radius 3 is 2.94 bits per heavy atom. The van der Waals surface area contributed by atoms with Crippen molar-refractivity contribution in [3.8, 4) is 17.2 Å². The Balaban J connectivity index is 2.27. The minimum Gasteiger partial charge on any atom is -0.507 e. The fourth-order valence-electron chi connectivity index (χ4n) is 1.62. The predicted octanol–water partition coefficient (Wildman–Crippen LogP) is 3.09. The Morgan fingerprint density at radius 1 is 1.35 bits per heavy atom. The van der Waals surface area contributed by atoms with E-state index in [0.717, 1.165) is 24.8 Å². The van der Waals surface area contributed by atoms with E-state index >= 15 is 0 Å². The summed E-state index contributed by atoms with van der Waals surface area (Å²) in [6, 6.07) is 5.32. The summed E-state index contributed by atoms with van der Waals surface area (Å²) in [5.41, 5.74) is 1.64. The number of phenols is 1. The van der Waals surface area contributed by atoms with E-state index < -0.39 is 0 Å². The van der Waals surface area contributed by atoms with Crippen LogP contribution >= 0.6 is 0 Å². The Labute approximate surface area is 100 Å². The van der Waals surface area contributed by atoms with Crippen molar-refractivity contribution in [2.75, 3.05) is 0 Å². The zero-order valence-corrected chi connectivity index (χ0v) is 10.1. The Bertz CT molecular complexity index is 506. The van der Waals surface area contributed by atoms with Crippen LogP contribution < -0.4 is 0 Å². The van der Waals surface area contributed by atoms with Crippen LogP contribution in [0, 0.1) is 6.92 Å². The summed E-state index contributed by atoms with van der Waals surface area (Å²) in [5, 5.41) is 13.6. The molecule has 0 radical (unpaired) electrons. The van der Waals surface area contributed by atoms with Crippen molar-refractivity contribution in [1.29, 1.82) is 0 Å². The Hall–Kier alpha value is -1.84. The van der Waals surface area contributed by atoms with Gasteiger partial charge in [0.2, 0.25) is 0 Å². The van der Waals surface area contributed by atoms with Gasteiger partial charge in [0.15, 0.2) is 5.82 Å².